The lowest BCUT2D eigenvalue weighted by atomic mass is 10.0. The monoisotopic (exact) mass is 422 g/mol. The van der Waals surface area contributed by atoms with Crippen molar-refractivity contribution >= 4 is 44.4 Å². The molecule has 0 radical (unpaired) electrons. The van der Waals surface area contributed by atoms with E-state index in [4.69, 9.17) is 9.97 Å². The number of allylic oxidation sites excluding steroid dienone is 4. The Balaban J connectivity index is 1.93. The molecule has 2 N–H and O–H groups in total. The van der Waals surface area contributed by atoms with Gasteiger partial charge in [0.2, 0.25) is 0 Å². The Kier molecular flexibility index (Phi) is 4.89. The lowest BCUT2D eigenvalue weighted by molar-refractivity contribution is 1.21. The van der Waals surface area contributed by atoms with Crippen molar-refractivity contribution in [1.82, 2.24) is 19.9 Å². The van der Waals surface area contributed by atoms with Gasteiger partial charge >= 0.3 is 0 Å². The summed E-state index contributed by atoms with van der Waals surface area (Å²) in [6.45, 7) is 13.1. The average molecular weight is 423 g/mol. The van der Waals surface area contributed by atoms with Crippen LogP contribution in [0.3, 0.4) is 0 Å². The maximum Gasteiger partial charge on any atom is 0.0693 e. The highest BCUT2D eigenvalue weighted by atomic mass is 14.8. The molecule has 3 aromatic rings. The SMILES string of the molecule is CCC1=C(C)c2cc3[nH]c(cc4nc(cc5[nH]c(cc1n2)cc5C)C(C)=C4CC)cc3C. The fourth-order valence-electron chi connectivity index (χ4n) is 4.89. The summed E-state index contributed by atoms with van der Waals surface area (Å²) in [6, 6.07) is 13.1. The fraction of sp³-hybridized carbons (Fsp3) is 0.286. The molecular formula is C28H30N4. The number of hydrogen-bond donors (Lipinski definition) is 2. The minimum absolute atomic E-state index is 0.957. The smallest absolute Gasteiger partial charge is 0.0693 e. The van der Waals surface area contributed by atoms with E-state index in [1.165, 1.54) is 33.4 Å². The van der Waals surface area contributed by atoms with E-state index in [1.807, 2.05) is 0 Å². The van der Waals surface area contributed by atoms with E-state index in [9.17, 15) is 0 Å². The zero-order chi connectivity index (χ0) is 22.6. The van der Waals surface area contributed by atoms with E-state index in [-0.39, 0.29) is 0 Å². The molecule has 32 heavy (non-hydrogen) atoms. The van der Waals surface area contributed by atoms with Crippen LogP contribution in [0, 0.1) is 13.8 Å². The van der Waals surface area contributed by atoms with Gasteiger partial charge in [0, 0.05) is 22.1 Å². The van der Waals surface area contributed by atoms with E-state index in [0.29, 0.717) is 0 Å². The molecule has 0 saturated carbocycles. The summed E-state index contributed by atoms with van der Waals surface area (Å²) in [4.78, 5) is 17.2. The van der Waals surface area contributed by atoms with Crippen LogP contribution >= 0.6 is 0 Å². The van der Waals surface area contributed by atoms with Gasteiger partial charge in [-0.2, -0.15) is 0 Å². The molecule has 3 aromatic heterocycles. The van der Waals surface area contributed by atoms with Crippen LogP contribution in [-0.2, 0) is 0 Å². The molecule has 0 unspecified atom stereocenters. The third kappa shape index (κ3) is 3.31. The van der Waals surface area contributed by atoms with Crippen LogP contribution < -0.4 is 0 Å². The second-order valence-electron chi connectivity index (χ2n) is 8.90. The average Bonchev–Trinajstić information content (AvgIpc) is 3.44. The number of nitrogens with one attached hydrogen (secondary N) is 2. The molecular weight excluding hydrogens is 392 g/mol. The van der Waals surface area contributed by atoms with Crippen LogP contribution in [-0.4, -0.2) is 19.9 Å². The standard InChI is InChI=1S/C28H30N4/c1-7-21-17(5)25-13-23-16(4)10-20(30-23)12-28-22(8-2)18(6)26(32-28)14-24-15(3)9-19(29-24)11-27(21)31-25/h9-14,29-30H,7-8H2,1-6H3. The summed E-state index contributed by atoms with van der Waals surface area (Å²) in [6.07, 6.45) is 1.91. The number of aromatic amines is 2. The van der Waals surface area contributed by atoms with Crippen LogP contribution in [0.2, 0.25) is 0 Å². The Bertz CT molecular complexity index is 1360. The first-order valence-electron chi connectivity index (χ1n) is 11.5. The normalized spacial score (nSPS) is 13.9. The van der Waals surface area contributed by atoms with Crippen molar-refractivity contribution in [2.75, 3.05) is 0 Å². The maximum atomic E-state index is 5.02. The van der Waals surface area contributed by atoms with Gasteiger partial charge in [-0.15, -0.1) is 0 Å². The van der Waals surface area contributed by atoms with Gasteiger partial charge in [-0.1, -0.05) is 13.8 Å². The molecule has 0 amide bonds. The first kappa shape index (κ1) is 20.5. The molecule has 0 atom stereocenters. The lowest BCUT2D eigenvalue weighted by Crippen LogP contribution is -1.80. The topological polar surface area (TPSA) is 57.4 Å². The Hall–Kier alpha value is -3.40. The molecule has 0 aliphatic carbocycles. The van der Waals surface area contributed by atoms with Gasteiger partial charge in [0.15, 0.2) is 0 Å². The summed E-state index contributed by atoms with van der Waals surface area (Å²) in [5.41, 5.74) is 16.0. The van der Waals surface area contributed by atoms with Crippen LogP contribution in [0.4, 0.5) is 0 Å². The maximum absolute atomic E-state index is 5.02. The molecule has 0 spiro atoms. The van der Waals surface area contributed by atoms with E-state index in [1.54, 1.807) is 0 Å². The second kappa shape index (κ2) is 7.63. The zero-order valence-electron chi connectivity index (χ0n) is 19.8. The molecule has 0 aromatic carbocycles. The number of rotatable bonds is 2. The number of nitrogens with zero attached hydrogens (tertiary/aromatic N) is 2. The van der Waals surface area contributed by atoms with E-state index >= 15 is 0 Å². The summed E-state index contributed by atoms with van der Waals surface area (Å²) in [7, 11) is 0. The molecule has 162 valence electrons. The van der Waals surface area contributed by atoms with Crippen LogP contribution in [0.5, 0.6) is 0 Å². The Morgan fingerprint density at radius 3 is 1.34 bits per heavy atom. The zero-order valence-corrected chi connectivity index (χ0v) is 19.8. The largest absolute Gasteiger partial charge is 0.355 e. The highest BCUT2D eigenvalue weighted by Gasteiger charge is 2.17. The van der Waals surface area contributed by atoms with E-state index in [0.717, 1.165) is 57.7 Å². The number of H-pyrrole nitrogens is 2. The van der Waals surface area contributed by atoms with Crippen molar-refractivity contribution in [1.29, 1.82) is 0 Å². The van der Waals surface area contributed by atoms with Crippen LogP contribution in [0.1, 0.15) is 74.4 Å². The van der Waals surface area contributed by atoms with E-state index < -0.39 is 0 Å². The molecule has 0 fully saturated rings. The number of hydrogen-bond acceptors (Lipinski definition) is 2. The minimum atomic E-state index is 0.957. The highest BCUT2D eigenvalue weighted by molar-refractivity contribution is 5.94. The fourth-order valence-corrected chi connectivity index (χ4v) is 4.89. The predicted octanol–water partition coefficient (Wildman–Crippen LogP) is 7.61. The minimum Gasteiger partial charge on any atom is -0.355 e. The highest BCUT2D eigenvalue weighted by Crippen LogP contribution is 2.34. The molecule has 4 heteroatoms. The van der Waals surface area contributed by atoms with Crippen molar-refractivity contribution in [2.45, 2.75) is 54.4 Å². The Morgan fingerprint density at radius 2 is 0.969 bits per heavy atom. The molecule has 5 heterocycles. The summed E-state index contributed by atoms with van der Waals surface area (Å²) < 4.78 is 0. The molecule has 8 bridgehead atoms. The van der Waals surface area contributed by atoms with Crippen LogP contribution in [0.15, 0.2) is 36.4 Å². The van der Waals surface area contributed by atoms with Gasteiger partial charge in [0.05, 0.1) is 22.8 Å². The lowest BCUT2D eigenvalue weighted by Gasteiger charge is -1.99. The van der Waals surface area contributed by atoms with Gasteiger partial charge in [0.25, 0.3) is 0 Å². The quantitative estimate of drug-likeness (QED) is 0.446. The van der Waals surface area contributed by atoms with Gasteiger partial charge in [-0.05, 0) is 110 Å². The van der Waals surface area contributed by atoms with Crippen molar-refractivity contribution in [3.8, 4) is 0 Å². The Morgan fingerprint density at radius 1 is 0.562 bits per heavy atom. The predicted molar refractivity (Wildman–Crippen MR) is 136 cm³/mol. The summed E-state index contributed by atoms with van der Waals surface area (Å²) in [5.74, 6) is 0. The third-order valence-corrected chi connectivity index (χ3v) is 6.78. The molecule has 5 rings (SSSR count). The number of fused-ring (bicyclic) bond motifs is 8. The number of aromatic nitrogens is 4. The summed E-state index contributed by atoms with van der Waals surface area (Å²) in [5, 5.41) is 0. The first-order chi connectivity index (χ1) is 15.4. The van der Waals surface area contributed by atoms with Gasteiger partial charge in [0.1, 0.15) is 0 Å². The van der Waals surface area contributed by atoms with Crippen molar-refractivity contribution in [3.63, 3.8) is 0 Å². The van der Waals surface area contributed by atoms with Crippen LogP contribution in [0.25, 0.3) is 44.4 Å². The molecule has 2 aliphatic heterocycles. The molecule has 2 aliphatic rings. The van der Waals surface area contributed by atoms with Gasteiger partial charge in [-0.25, -0.2) is 9.97 Å². The van der Waals surface area contributed by atoms with Crippen molar-refractivity contribution in [3.05, 3.63) is 70.3 Å². The van der Waals surface area contributed by atoms with Crippen molar-refractivity contribution < 1.29 is 0 Å². The first-order valence-corrected chi connectivity index (χ1v) is 11.5. The molecule has 0 saturated heterocycles. The molecule has 4 nitrogen and oxygen atoms in total. The third-order valence-electron chi connectivity index (χ3n) is 6.78. The Labute approximate surface area is 189 Å². The van der Waals surface area contributed by atoms with E-state index in [2.05, 4.69) is 87.9 Å². The summed E-state index contributed by atoms with van der Waals surface area (Å²) >= 11 is 0. The van der Waals surface area contributed by atoms with Gasteiger partial charge < -0.3 is 9.97 Å². The van der Waals surface area contributed by atoms with Gasteiger partial charge in [-0.3, -0.25) is 0 Å². The van der Waals surface area contributed by atoms with Crippen molar-refractivity contribution in [2.24, 2.45) is 0 Å². The second-order valence-corrected chi connectivity index (χ2v) is 8.90. The number of aryl methyl sites for hydroxylation is 2.